The quantitative estimate of drug-likeness (QED) is 0.00863. The van der Waals surface area contributed by atoms with E-state index in [0.29, 0.717) is 101 Å². The number of nitrogens with zero attached hydrogens (tertiary/aromatic N) is 7. The molecule has 43 heteroatoms. The van der Waals surface area contributed by atoms with Crippen LogP contribution in [0.5, 0.6) is 0 Å². The molecular weight excluding hydrogens is 1590 g/mol. The maximum atomic E-state index is 10.8. The van der Waals surface area contributed by atoms with Gasteiger partial charge in [-0.1, -0.05) is 139 Å². The van der Waals surface area contributed by atoms with E-state index >= 15 is 0 Å². The fourth-order valence-corrected chi connectivity index (χ4v) is 14.6. The number of nitro groups is 6. The summed E-state index contributed by atoms with van der Waals surface area (Å²) in [5.74, 6) is 0.931. The number of esters is 1. The average Bonchev–Trinajstić information content (AvgIpc) is 0.761. The first-order valence-corrected chi connectivity index (χ1v) is 38.9. The molecule has 6 rings (SSSR count). The van der Waals surface area contributed by atoms with Crippen molar-refractivity contribution in [3.05, 3.63) is 228 Å². The number of aliphatic hydroxyl groups is 2. The van der Waals surface area contributed by atoms with Crippen LogP contribution in [0.4, 0.5) is 0 Å². The Labute approximate surface area is 703 Å². The number of carboxylic acids is 1. The number of rotatable bonds is 35. The fourth-order valence-electron chi connectivity index (χ4n) is 10.0. The molecule has 0 bridgehead atoms. The zero-order chi connectivity index (χ0) is 85.7. The molecular formula is C71H94N7Na2O31PS2. The summed E-state index contributed by atoms with van der Waals surface area (Å²) in [6.45, 7) is 3.65. The molecule has 0 radical (unpaired) electrons. The van der Waals surface area contributed by atoms with Gasteiger partial charge in [0.25, 0.3) is 0 Å². The number of carboxylic acid groups (broad SMARTS) is 1. The van der Waals surface area contributed by atoms with E-state index in [2.05, 4.69) is 120 Å². The summed E-state index contributed by atoms with van der Waals surface area (Å²) < 4.78 is 66.7. The largest absolute Gasteiger partial charge is 1.00 e. The van der Waals surface area contributed by atoms with E-state index in [9.17, 15) is 120 Å². The molecule has 38 nitrogen and oxygen atoms in total. The average molecular weight is 1680 g/mol. The van der Waals surface area contributed by atoms with E-state index in [1.165, 1.54) is 48.3 Å². The van der Waals surface area contributed by atoms with Crippen molar-refractivity contribution in [3.8, 4) is 0 Å². The van der Waals surface area contributed by atoms with Crippen LogP contribution in [0.25, 0.3) is 0 Å². The summed E-state index contributed by atoms with van der Waals surface area (Å²) in [6, 6.07) is 28.0. The predicted octanol–water partition coefficient (Wildman–Crippen LogP) is 1.46. The van der Waals surface area contributed by atoms with Crippen molar-refractivity contribution in [1.29, 1.82) is 0 Å². The number of hydrogen-bond donors (Lipinski definition) is 3. The number of benzene rings is 3. The van der Waals surface area contributed by atoms with Gasteiger partial charge in [0.05, 0.1) is 14.2 Å². The van der Waals surface area contributed by atoms with Crippen LogP contribution >= 0.6 is 6.89 Å². The van der Waals surface area contributed by atoms with Gasteiger partial charge in [0.2, 0.25) is 36.3 Å². The molecule has 0 amide bonds. The molecule has 5 unspecified atom stereocenters. The third-order valence-corrected chi connectivity index (χ3v) is 21.7. The second kappa shape index (κ2) is 67.4. The minimum absolute atomic E-state index is 0. The van der Waals surface area contributed by atoms with Gasteiger partial charge >= 0.3 is 71.1 Å². The van der Waals surface area contributed by atoms with Crippen LogP contribution in [0.3, 0.4) is 0 Å². The molecule has 114 heavy (non-hydrogen) atoms. The first kappa shape index (κ1) is 114. The maximum Gasteiger partial charge on any atom is 1.00 e. The van der Waals surface area contributed by atoms with Crippen LogP contribution in [0.2, 0.25) is 0 Å². The smallest absolute Gasteiger partial charge is 0.746 e. The van der Waals surface area contributed by atoms with Gasteiger partial charge in [-0.05, 0) is 84.6 Å². The first-order chi connectivity index (χ1) is 53.0. The van der Waals surface area contributed by atoms with Crippen molar-refractivity contribution in [2.75, 3.05) is 14.2 Å². The summed E-state index contributed by atoms with van der Waals surface area (Å²) in [4.78, 5) is 148. The molecule has 3 N–H and O–H groups in total. The summed E-state index contributed by atoms with van der Waals surface area (Å²) in [5.41, 5.74) is -2.48. The number of nitroso groups, excluding NO2 is 1. The molecule has 0 heterocycles. The number of carbonyl (C=O) groups excluding carboxylic acids is 7. The minimum Gasteiger partial charge on any atom is -0.746 e. The number of aliphatic carboxylic acids is 1. The second-order valence-corrected chi connectivity index (χ2v) is 30.1. The van der Waals surface area contributed by atoms with E-state index in [1.54, 1.807) is 12.2 Å². The number of methoxy groups -OCH3 is 1. The van der Waals surface area contributed by atoms with Crippen molar-refractivity contribution < 1.29 is 173 Å². The molecule has 0 fully saturated rings. The minimum atomic E-state index is -4.99. The standard InChI is InChI=1S/C20H19P.C10H13NO4.C9H11NO4.C7H15NO10S2.2C7H11NO4.C7H9NO3.C3H4O.CH3NO.2Na/c1-2-21(18-12-6-3-7-13-18,19-14-8-4-9-15-19)20-16-10-5-11-17-20;1-15-10(12)6-5-8-3-2-4-9(7-8)11(13)14;11-9(12)5-4-7-2-1-3-8(6-7)10(13)14;9-6(19(13,14)15)3-1-5(8(11)12)2-4-7(10)20(16,17)18;2*9-5-1-3-7(8(11)12)4-2-6-10;9-5-6-2-1-3-7(4-6)8(10)11;1-2-3-4;1-2-3;;/h2-17H,1H3;3,5-6,9H,2,4,7H2,1H3;2,4-5,8H,1,3,6H2,(H,11,12);5-7,9-10H,1-4H2,(H,13,14,15)(H,16,17,18);2*5-7H,1-4H2;2,5,7H,1,3-4H2;2-3H,1H2;1H3;;/q;;;;;;;;;2*+1/p-2/b;6-5+;5-4+;;;;;;;;. The van der Waals surface area contributed by atoms with Gasteiger partial charge in [0.15, 0.2) is 0 Å². The number of hydrogen-bond acceptors (Lipinski definition) is 31. The third-order valence-electron chi connectivity index (χ3n) is 15.8. The molecule has 0 saturated heterocycles. The van der Waals surface area contributed by atoms with E-state index in [1.807, 2.05) is 12.2 Å². The van der Waals surface area contributed by atoms with Gasteiger partial charge in [-0.25, -0.2) is 26.4 Å². The van der Waals surface area contributed by atoms with E-state index in [0.717, 1.165) is 17.2 Å². The number of carbonyl (C=O) groups is 8. The molecule has 0 saturated carbocycles. The van der Waals surface area contributed by atoms with Crippen LogP contribution < -0.4 is 75.0 Å². The molecule has 0 aromatic heterocycles. The van der Waals surface area contributed by atoms with Gasteiger partial charge < -0.3 is 48.3 Å². The Hall–Kier alpha value is -8.90. The Kier molecular flexibility index (Phi) is 67.2. The molecule has 3 aliphatic rings. The van der Waals surface area contributed by atoms with Crippen LogP contribution in [0.1, 0.15) is 142 Å². The fraction of sp³-hybridized carbons (Fsp3) is 0.451. The summed E-state index contributed by atoms with van der Waals surface area (Å²) in [5, 5.41) is 95.1. The Balaban J connectivity index is -0.000000403. The Morgan fingerprint density at radius 3 is 1.03 bits per heavy atom. The Morgan fingerprint density at radius 1 is 0.526 bits per heavy atom. The molecule has 0 aliphatic heterocycles. The normalized spacial score (nSPS) is 15.2. The van der Waals surface area contributed by atoms with E-state index in [-0.39, 0.29) is 125 Å². The number of ether oxygens (including phenoxy) is 1. The van der Waals surface area contributed by atoms with Crippen LogP contribution in [0.15, 0.2) is 168 Å². The van der Waals surface area contributed by atoms with Crippen LogP contribution in [0, 0.1) is 65.6 Å². The van der Waals surface area contributed by atoms with Gasteiger partial charge in [0.1, 0.15) is 68.8 Å². The zero-order valence-corrected chi connectivity index (χ0v) is 70.2. The molecule has 0 spiro atoms. The van der Waals surface area contributed by atoms with Gasteiger partial charge in [-0.2, -0.15) is 4.91 Å². The molecule has 3 aliphatic carbocycles. The molecule has 5 atom stereocenters. The number of aldehydes is 6. The number of aliphatic hydroxyl groups excluding tert-OH is 2. The van der Waals surface area contributed by atoms with Crippen molar-refractivity contribution in [1.82, 2.24) is 0 Å². The number of allylic oxidation sites excluding steroid dienone is 6. The predicted molar refractivity (Wildman–Crippen MR) is 410 cm³/mol. The van der Waals surface area contributed by atoms with Crippen molar-refractivity contribution in [2.45, 2.75) is 189 Å². The first-order valence-electron chi connectivity index (χ1n) is 34.1. The topological polar surface area (TPSA) is 609 Å². The summed E-state index contributed by atoms with van der Waals surface area (Å²) in [6.07, 6.45) is 19.8. The Bertz CT molecular complexity index is 3720. The van der Waals surface area contributed by atoms with Gasteiger partial charge in [-0.15, -0.1) is 0 Å². The van der Waals surface area contributed by atoms with E-state index < -0.39 is 127 Å². The summed E-state index contributed by atoms with van der Waals surface area (Å²) >= 11 is 0. The third kappa shape index (κ3) is 52.5. The van der Waals surface area contributed by atoms with Crippen molar-refractivity contribution in [3.63, 3.8) is 0 Å². The van der Waals surface area contributed by atoms with Crippen LogP contribution in [-0.4, -0.2) is 188 Å². The molecule has 3 aromatic carbocycles. The van der Waals surface area contributed by atoms with Crippen molar-refractivity contribution in [2.24, 2.45) is 5.18 Å². The van der Waals surface area contributed by atoms with E-state index in [4.69, 9.17) is 25.0 Å². The summed E-state index contributed by atoms with van der Waals surface area (Å²) in [7, 11) is -7.49. The SMILES string of the molecule is C=CC=O.CC=P(c1ccccc1)(c1ccccc1)c1ccccc1.CN=O.COC(=O)/C=C/C1=CCCC([N+](=O)[O-])C1.O=C(O)/C=C/C1=CCCC([N+](=O)[O-])C1.O=CC1=CCCC([N+](=O)[O-])C1.O=CCCC(CCC=O)[N+](=O)[O-].O=CCCC(CCC=O)[N+](=O)[O-].O=[N+]([O-])C(CCC(O)S(=O)(=O)[O-])CCC(O)S(=O)(=O)[O-].[Na+].[Na+]. The maximum absolute atomic E-state index is 10.8. The van der Waals surface area contributed by atoms with Crippen LogP contribution in [-0.2, 0) is 63.3 Å². The van der Waals surface area contributed by atoms with Gasteiger partial charge in [0, 0.05) is 144 Å². The van der Waals surface area contributed by atoms with Gasteiger partial charge in [-0.3, -0.25) is 70.3 Å². The Morgan fingerprint density at radius 2 is 0.798 bits per heavy atom. The molecule has 3 aromatic rings. The molecule has 618 valence electrons. The monoisotopic (exact) mass is 1680 g/mol. The van der Waals surface area contributed by atoms with Crippen molar-refractivity contribution >= 4 is 98.5 Å². The zero-order valence-electron chi connectivity index (χ0n) is 63.7. The second-order valence-electron chi connectivity index (χ2n) is 23.5.